The Morgan fingerprint density at radius 2 is 2.36 bits per heavy atom. The Bertz CT molecular complexity index is 341. The van der Waals surface area contributed by atoms with E-state index in [-0.39, 0.29) is 0 Å². The average molecular weight is 192 g/mol. The molecule has 3 nitrogen and oxygen atoms in total. The van der Waals surface area contributed by atoms with Crippen molar-refractivity contribution in [3.05, 3.63) is 29.6 Å². The van der Waals surface area contributed by atoms with E-state index in [1.165, 1.54) is 12.8 Å². The predicted molar refractivity (Wildman–Crippen MR) is 54.7 cm³/mol. The summed E-state index contributed by atoms with van der Waals surface area (Å²) in [6.07, 6.45) is 8.08. The Balaban J connectivity index is 2.14. The first-order valence-electron chi connectivity index (χ1n) is 5.14. The maximum atomic E-state index is 10.0. The minimum atomic E-state index is -0.489. The van der Waals surface area contributed by atoms with Gasteiger partial charge in [-0.25, -0.2) is 0 Å². The molecular formula is C11H16N2O. The molecule has 0 aliphatic heterocycles. The van der Waals surface area contributed by atoms with E-state index in [1.54, 1.807) is 4.68 Å². The summed E-state index contributed by atoms with van der Waals surface area (Å²) in [5.74, 6) is 0. The van der Waals surface area contributed by atoms with Crippen molar-refractivity contribution in [2.24, 2.45) is 7.05 Å². The largest absolute Gasteiger partial charge is 0.382 e. The second-order valence-corrected chi connectivity index (χ2v) is 3.84. The first-order chi connectivity index (χ1) is 6.77. The van der Waals surface area contributed by atoms with E-state index in [2.05, 4.69) is 11.2 Å². The highest BCUT2D eigenvalue weighted by Crippen LogP contribution is 2.28. The number of nitrogens with zero attached hydrogens (tertiary/aromatic N) is 2. The number of aliphatic hydroxyl groups is 1. The minimum Gasteiger partial charge on any atom is -0.382 e. The zero-order chi connectivity index (χ0) is 9.97. The molecule has 1 N–H and O–H groups in total. The van der Waals surface area contributed by atoms with Gasteiger partial charge in [0, 0.05) is 13.2 Å². The third kappa shape index (κ3) is 1.87. The summed E-state index contributed by atoms with van der Waals surface area (Å²) in [4.78, 5) is 0. The summed E-state index contributed by atoms with van der Waals surface area (Å²) in [5, 5.41) is 14.2. The van der Waals surface area contributed by atoms with Crippen LogP contribution in [0.3, 0.4) is 0 Å². The molecule has 2 rings (SSSR count). The van der Waals surface area contributed by atoms with Gasteiger partial charge in [-0.15, -0.1) is 0 Å². The van der Waals surface area contributed by atoms with Crippen molar-refractivity contribution in [2.75, 3.05) is 0 Å². The Morgan fingerprint density at radius 3 is 2.93 bits per heavy atom. The summed E-state index contributed by atoms with van der Waals surface area (Å²) in [6, 6.07) is 1.88. The first kappa shape index (κ1) is 9.46. The summed E-state index contributed by atoms with van der Waals surface area (Å²) in [7, 11) is 1.87. The van der Waals surface area contributed by atoms with Crippen molar-refractivity contribution in [1.82, 2.24) is 9.78 Å². The predicted octanol–water partition coefficient (Wildman–Crippen LogP) is 1.95. The Labute approximate surface area is 84.1 Å². The number of hydrogen-bond donors (Lipinski definition) is 1. The number of aromatic nitrogens is 2. The number of rotatable bonds is 2. The van der Waals surface area contributed by atoms with Gasteiger partial charge >= 0.3 is 0 Å². The van der Waals surface area contributed by atoms with E-state index < -0.39 is 6.10 Å². The monoisotopic (exact) mass is 192 g/mol. The van der Waals surface area contributed by atoms with Gasteiger partial charge in [-0.05, 0) is 37.3 Å². The van der Waals surface area contributed by atoms with Crippen molar-refractivity contribution in [3.63, 3.8) is 0 Å². The van der Waals surface area contributed by atoms with E-state index in [4.69, 9.17) is 0 Å². The molecule has 0 bridgehead atoms. The number of aliphatic hydroxyl groups excluding tert-OH is 1. The molecule has 1 aromatic heterocycles. The van der Waals surface area contributed by atoms with E-state index in [1.807, 2.05) is 19.3 Å². The molecule has 1 heterocycles. The summed E-state index contributed by atoms with van der Waals surface area (Å²) < 4.78 is 1.72. The lowest BCUT2D eigenvalue weighted by atomic mass is 9.94. The third-order valence-corrected chi connectivity index (χ3v) is 2.69. The van der Waals surface area contributed by atoms with Gasteiger partial charge in [-0.1, -0.05) is 6.08 Å². The standard InChI is InChI=1S/C11H16N2O/c1-13-8-7-10(12-13)11(14)9-5-3-2-4-6-9/h5,7-8,11,14H,2-4,6H2,1H3. The first-order valence-corrected chi connectivity index (χ1v) is 5.14. The second-order valence-electron chi connectivity index (χ2n) is 3.84. The number of hydrogen-bond acceptors (Lipinski definition) is 2. The van der Waals surface area contributed by atoms with Crippen LogP contribution in [0.25, 0.3) is 0 Å². The van der Waals surface area contributed by atoms with Crippen LogP contribution in [0.4, 0.5) is 0 Å². The fraction of sp³-hybridized carbons (Fsp3) is 0.545. The average Bonchev–Trinajstić information content (AvgIpc) is 2.65. The molecule has 0 saturated heterocycles. The Hall–Kier alpha value is -1.09. The molecule has 0 amide bonds. The lowest BCUT2D eigenvalue weighted by molar-refractivity contribution is 0.202. The van der Waals surface area contributed by atoms with Crippen LogP contribution in [0.5, 0.6) is 0 Å². The van der Waals surface area contributed by atoms with Gasteiger partial charge < -0.3 is 5.11 Å². The second kappa shape index (κ2) is 3.96. The van der Waals surface area contributed by atoms with Gasteiger partial charge in [0.2, 0.25) is 0 Å². The quantitative estimate of drug-likeness (QED) is 0.727. The fourth-order valence-corrected chi connectivity index (χ4v) is 1.88. The van der Waals surface area contributed by atoms with Gasteiger partial charge in [0.1, 0.15) is 6.10 Å². The molecule has 14 heavy (non-hydrogen) atoms. The summed E-state index contributed by atoms with van der Waals surface area (Å²) in [5.41, 5.74) is 1.90. The smallest absolute Gasteiger partial charge is 0.119 e. The van der Waals surface area contributed by atoms with E-state index in [9.17, 15) is 5.11 Å². The highest BCUT2D eigenvalue weighted by molar-refractivity contribution is 5.19. The van der Waals surface area contributed by atoms with Crippen LogP contribution in [0.15, 0.2) is 23.9 Å². The van der Waals surface area contributed by atoms with Crippen LogP contribution in [0, 0.1) is 0 Å². The lowest BCUT2D eigenvalue weighted by Crippen LogP contribution is -2.06. The highest BCUT2D eigenvalue weighted by Gasteiger charge is 2.17. The van der Waals surface area contributed by atoms with Crippen molar-refractivity contribution >= 4 is 0 Å². The molecule has 1 atom stereocenters. The van der Waals surface area contributed by atoms with Crippen LogP contribution in [0.1, 0.15) is 37.5 Å². The lowest BCUT2D eigenvalue weighted by Gasteiger charge is -2.16. The van der Waals surface area contributed by atoms with E-state index in [0.29, 0.717) is 0 Å². The Kier molecular flexibility index (Phi) is 2.68. The maximum absolute atomic E-state index is 10.0. The zero-order valence-corrected chi connectivity index (χ0v) is 8.48. The van der Waals surface area contributed by atoms with Gasteiger partial charge in [-0.2, -0.15) is 5.10 Å². The topological polar surface area (TPSA) is 38.0 Å². The summed E-state index contributed by atoms with van der Waals surface area (Å²) >= 11 is 0. The van der Waals surface area contributed by atoms with Gasteiger partial charge in [0.05, 0.1) is 5.69 Å². The van der Waals surface area contributed by atoms with Gasteiger partial charge in [-0.3, -0.25) is 4.68 Å². The van der Waals surface area contributed by atoms with Crippen molar-refractivity contribution in [3.8, 4) is 0 Å². The molecule has 1 aliphatic carbocycles. The molecule has 0 saturated carbocycles. The normalized spacial score (nSPS) is 19.1. The zero-order valence-electron chi connectivity index (χ0n) is 8.48. The molecular weight excluding hydrogens is 176 g/mol. The molecule has 76 valence electrons. The molecule has 1 unspecified atom stereocenters. The van der Waals surface area contributed by atoms with Crippen LogP contribution < -0.4 is 0 Å². The van der Waals surface area contributed by atoms with E-state index >= 15 is 0 Å². The van der Waals surface area contributed by atoms with Crippen LogP contribution in [-0.2, 0) is 7.05 Å². The SMILES string of the molecule is Cn1ccc(C(O)C2=CCCCC2)n1. The molecule has 0 radical (unpaired) electrons. The minimum absolute atomic E-state index is 0.489. The molecule has 0 aromatic carbocycles. The fourth-order valence-electron chi connectivity index (χ4n) is 1.88. The van der Waals surface area contributed by atoms with Crippen LogP contribution >= 0.6 is 0 Å². The highest BCUT2D eigenvalue weighted by atomic mass is 16.3. The van der Waals surface area contributed by atoms with Crippen LogP contribution in [0.2, 0.25) is 0 Å². The molecule has 3 heteroatoms. The number of aryl methyl sites for hydroxylation is 1. The van der Waals surface area contributed by atoms with Crippen LogP contribution in [-0.4, -0.2) is 14.9 Å². The summed E-state index contributed by atoms with van der Waals surface area (Å²) in [6.45, 7) is 0. The maximum Gasteiger partial charge on any atom is 0.119 e. The van der Waals surface area contributed by atoms with Gasteiger partial charge in [0.25, 0.3) is 0 Å². The van der Waals surface area contributed by atoms with Crippen molar-refractivity contribution in [2.45, 2.75) is 31.8 Å². The van der Waals surface area contributed by atoms with Crippen molar-refractivity contribution < 1.29 is 5.11 Å². The van der Waals surface area contributed by atoms with Crippen molar-refractivity contribution in [1.29, 1.82) is 0 Å². The molecule has 0 spiro atoms. The molecule has 1 aromatic rings. The number of allylic oxidation sites excluding steroid dienone is 1. The molecule has 0 fully saturated rings. The van der Waals surface area contributed by atoms with Gasteiger partial charge in [0.15, 0.2) is 0 Å². The molecule has 1 aliphatic rings. The third-order valence-electron chi connectivity index (χ3n) is 2.69. The van der Waals surface area contributed by atoms with E-state index in [0.717, 1.165) is 24.1 Å². The Morgan fingerprint density at radius 1 is 1.50 bits per heavy atom.